The second-order valence-electron chi connectivity index (χ2n) is 6.66. The van der Waals surface area contributed by atoms with Gasteiger partial charge in [0.1, 0.15) is 6.17 Å². The standard InChI is InChI=1S/C19H21Cl3N2O2/c1-12-10-24(11-13(2)26-12)18(19(20,21)22)23-17(25)16-9-5-7-14-6-3-4-8-15(14)16/h3-9,12-13,18H,10-11H2,1-2H3,(H,23,25)/t12-,13-,18+/m1/s1. The molecular formula is C19H21Cl3N2O2. The lowest BCUT2D eigenvalue weighted by molar-refractivity contribution is -0.0826. The highest BCUT2D eigenvalue weighted by Gasteiger charge is 2.41. The molecule has 1 fully saturated rings. The largest absolute Gasteiger partial charge is 0.373 e. The molecule has 1 saturated heterocycles. The molecule has 2 aromatic rings. The van der Waals surface area contributed by atoms with E-state index in [9.17, 15) is 4.79 Å². The maximum Gasteiger partial charge on any atom is 0.253 e. The number of carbonyl (C=O) groups excluding carboxylic acids is 1. The quantitative estimate of drug-likeness (QED) is 0.757. The Hall–Kier alpha value is -1.04. The summed E-state index contributed by atoms with van der Waals surface area (Å²) in [5.74, 6) is -0.273. The first-order chi connectivity index (χ1) is 12.3. The molecule has 0 aliphatic carbocycles. The Morgan fingerprint density at radius 3 is 2.38 bits per heavy atom. The van der Waals surface area contributed by atoms with E-state index >= 15 is 0 Å². The van der Waals surface area contributed by atoms with Crippen LogP contribution >= 0.6 is 34.8 Å². The molecule has 0 unspecified atom stereocenters. The average Bonchev–Trinajstić information content (AvgIpc) is 2.57. The zero-order chi connectivity index (χ0) is 18.9. The zero-order valence-electron chi connectivity index (χ0n) is 14.6. The first-order valence-corrected chi connectivity index (χ1v) is 9.64. The van der Waals surface area contributed by atoms with Crippen LogP contribution in [0.5, 0.6) is 0 Å². The molecule has 7 heteroatoms. The van der Waals surface area contributed by atoms with E-state index in [-0.39, 0.29) is 18.1 Å². The van der Waals surface area contributed by atoms with E-state index < -0.39 is 9.96 Å². The van der Waals surface area contributed by atoms with E-state index in [0.717, 1.165) is 10.8 Å². The van der Waals surface area contributed by atoms with E-state index in [1.165, 1.54) is 0 Å². The SMILES string of the molecule is C[C@@H]1CN([C@H](NC(=O)c2cccc3ccccc23)C(Cl)(Cl)Cl)C[C@@H](C)O1. The van der Waals surface area contributed by atoms with E-state index in [2.05, 4.69) is 5.32 Å². The first-order valence-electron chi connectivity index (χ1n) is 8.50. The van der Waals surface area contributed by atoms with Crippen molar-refractivity contribution in [3.63, 3.8) is 0 Å². The smallest absolute Gasteiger partial charge is 0.253 e. The third-order valence-corrected chi connectivity index (χ3v) is 5.05. The Labute approximate surface area is 168 Å². The van der Waals surface area contributed by atoms with Crippen molar-refractivity contribution in [1.82, 2.24) is 10.2 Å². The normalized spacial score (nSPS) is 23.0. The molecule has 140 valence electrons. The number of fused-ring (bicyclic) bond motifs is 1. The van der Waals surface area contributed by atoms with Gasteiger partial charge in [-0.25, -0.2) is 0 Å². The summed E-state index contributed by atoms with van der Waals surface area (Å²) in [5, 5.41) is 4.76. The lowest BCUT2D eigenvalue weighted by atomic mass is 10.0. The number of halogens is 3. The Bertz CT molecular complexity index is 778. The summed E-state index contributed by atoms with van der Waals surface area (Å²) in [6.45, 7) is 5.06. The minimum atomic E-state index is -1.67. The molecular weight excluding hydrogens is 395 g/mol. The van der Waals surface area contributed by atoms with Gasteiger partial charge in [0.2, 0.25) is 3.79 Å². The van der Waals surface area contributed by atoms with Gasteiger partial charge in [0.05, 0.1) is 12.2 Å². The van der Waals surface area contributed by atoms with Gasteiger partial charge in [-0.3, -0.25) is 9.69 Å². The number of rotatable bonds is 3. The molecule has 3 rings (SSSR count). The van der Waals surface area contributed by atoms with E-state index in [0.29, 0.717) is 18.7 Å². The highest BCUT2D eigenvalue weighted by atomic mass is 35.6. The van der Waals surface area contributed by atoms with Crippen molar-refractivity contribution in [2.24, 2.45) is 0 Å². The summed E-state index contributed by atoms with van der Waals surface area (Å²) in [7, 11) is 0. The Morgan fingerprint density at radius 2 is 1.73 bits per heavy atom. The lowest BCUT2D eigenvalue weighted by Crippen LogP contribution is -2.60. The molecule has 0 bridgehead atoms. The van der Waals surface area contributed by atoms with Gasteiger partial charge in [-0.2, -0.15) is 0 Å². The maximum absolute atomic E-state index is 13.0. The van der Waals surface area contributed by atoms with Gasteiger partial charge in [-0.1, -0.05) is 71.2 Å². The van der Waals surface area contributed by atoms with Gasteiger partial charge < -0.3 is 10.1 Å². The van der Waals surface area contributed by atoms with Crippen LogP contribution in [0.1, 0.15) is 24.2 Å². The molecule has 2 aromatic carbocycles. The third kappa shape index (κ3) is 4.44. The number of hydrogen-bond donors (Lipinski definition) is 1. The van der Waals surface area contributed by atoms with Gasteiger partial charge in [0.15, 0.2) is 0 Å². The van der Waals surface area contributed by atoms with Crippen LogP contribution in [0.3, 0.4) is 0 Å². The van der Waals surface area contributed by atoms with E-state index in [4.69, 9.17) is 39.5 Å². The van der Waals surface area contributed by atoms with Crippen molar-refractivity contribution in [2.45, 2.75) is 36.0 Å². The van der Waals surface area contributed by atoms with Crippen LogP contribution in [-0.2, 0) is 4.74 Å². The fourth-order valence-electron chi connectivity index (χ4n) is 3.43. The topological polar surface area (TPSA) is 41.6 Å². The maximum atomic E-state index is 13.0. The number of benzene rings is 2. The van der Waals surface area contributed by atoms with Crippen molar-refractivity contribution in [2.75, 3.05) is 13.1 Å². The summed E-state index contributed by atoms with van der Waals surface area (Å²) < 4.78 is 4.07. The number of carbonyl (C=O) groups is 1. The number of nitrogens with zero attached hydrogens (tertiary/aromatic N) is 1. The molecule has 1 aliphatic heterocycles. The predicted octanol–water partition coefficient (Wildman–Crippen LogP) is 4.38. The monoisotopic (exact) mass is 414 g/mol. The van der Waals surface area contributed by atoms with Crippen molar-refractivity contribution < 1.29 is 9.53 Å². The van der Waals surface area contributed by atoms with Crippen LogP contribution in [0.15, 0.2) is 42.5 Å². The molecule has 1 amide bonds. The van der Waals surface area contributed by atoms with Crippen LogP contribution in [0.4, 0.5) is 0 Å². The second-order valence-corrected chi connectivity index (χ2v) is 9.02. The number of nitrogens with one attached hydrogen (secondary N) is 1. The van der Waals surface area contributed by atoms with Gasteiger partial charge in [0, 0.05) is 18.7 Å². The van der Waals surface area contributed by atoms with Crippen molar-refractivity contribution in [1.29, 1.82) is 0 Å². The van der Waals surface area contributed by atoms with E-state index in [1.807, 2.05) is 55.1 Å². The summed E-state index contributed by atoms with van der Waals surface area (Å²) in [6, 6.07) is 13.3. The van der Waals surface area contributed by atoms with Crippen molar-refractivity contribution >= 4 is 51.5 Å². The van der Waals surface area contributed by atoms with Crippen LogP contribution in [0.25, 0.3) is 10.8 Å². The number of ether oxygens (including phenoxy) is 1. The number of amides is 1. The number of alkyl halides is 3. The van der Waals surface area contributed by atoms with Crippen molar-refractivity contribution in [3.8, 4) is 0 Å². The third-order valence-electron chi connectivity index (χ3n) is 4.43. The van der Waals surface area contributed by atoms with Crippen LogP contribution < -0.4 is 5.32 Å². The fraction of sp³-hybridized carbons (Fsp3) is 0.421. The molecule has 0 radical (unpaired) electrons. The molecule has 26 heavy (non-hydrogen) atoms. The van der Waals surface area contributed by atoms with Gasteiger partial charge in [-0.15, -0.1) is 0 Å². The summed E-state index contributed by atoms with van der Waals surface area (Å²) >= 11 is 18.6. The number of hydrogen-bond acceptors (Lipinski definition) is 3. The second kappa shape index (κ2) is 7.91. The van der Waals surface area contributed by atoms with E-state index in [1.54, 1.807) is 6.07 Å². The molecule has 3 atom stereocenters. The average molecular weight is 416 g/mol. The molecule has 1 N–H and O–H groups in total. The summed E-state index contributed by atoms with van der Waals surface area (Å²) in [6.07, 6.45) is -0.779. The number of morpholine rings is 1. The Morgan fingerprint density at radius 1 is 1.12 bits per heavy atom. The minimum Gasteiger partial charge on any atom is -0.373 e. The summed E-state index contributed by atoms with van der Waals surface area (Å²) in [4.78, 5) is 14.9. The predicted molar refractivity (Wildman–Crippen MR) is 107 cm³/mol. The van der Waals surface area contributed by atoms with Gasteiger partial charge in [-0.05, 0) is 30.7 Å². The molecule has 4 nitrogen and oxygen atoms in total. The van der Waals surface area contributed by atoms with Crippen molar-refractivity contribution in [3.05, 3.63) is 48.0 Å². The first kappa shape index (κ1) is 19.7. The Kier molecular flexibility index (Phi) is 6.00. The fourth-order valence-corrected chi connectivity index (χ4v) is 4.01. The summed E-state index contributed by atoms with van der Waals surface area (Å²) in [5.41, 5.74) is 0.553. The Balaban J connectivity index is 1.88. The highest BCUT2D eigenvalue weighted by molar-refractivity contribution is 6.68. The van der Waals surface area contributed by atoms with Gasteiger partial charge >= 0.3 is 0 Å². The molecule has 0 spiro atoms. The van der Waals surface area contributed by atoms with Crippen LogP contribution in [0, 0.1) is 0 Å². The lowest BCUT2D eigenvalue weighted by Gasteiger charge is -2.42. The van der Waals surface area contributed by atoms with Crippen LogP contribution in [-0.4, -0.2) is 46.1 Å². The molecule has 1 heterocycles. The molecule has 0 aromatic heterocycles. The zero-order valence-corrected chi connectivity index (χ0v) is 16.9. The molecule has 1 aliphatic rings. The van der Waals surface area contributed by atoms with Gasteiger partial charge in [0.25, 0.3) is 5.91 Å². The highest BCUT2D eigenvalue weighted by Crippen LogP contribution is 2.34. The molecule has 0 saturated carbocycles. The van der Waals surface area contributed by atoms with Crippen LogP contribution in [0.2, 0.25) is 0 Å². The minimum absolute atomic E-state index is 0.0111.